The average Bonchev–Trinajstić information content (AvgIpc) is 2.46. The van der Waals surface area contributed by atoms with Crippen LogP contribution in [-0.2, 0) is 6.42 Å². The zero-order valence-corrected chi connectivity index (χ0v) is 6.60. The molecular weight excluding hydrogens is 162 g/mol. The van der Waals surface area contributed by atoms with Crippen molar-refractivity contribution in [1.29, 1.82) is 0 Å². The molecule has 4 heteroatoms. The van der Waals surface area contributed by atoms with Gasteiger partial charge in [-0.1, -0.05) is 0 Å². The Morgan fingerprint density at radius 2 is 2.55 bits per heavy atom. The molecule has 58 valence electrons. The molecule has 2 rings (SSSR count). The van der Waals surface area contributed by atoms with Gasteiger partial charge < -0.3 is 9.52 Å². The van der Waals surface area contributed by atoms with Crippen LogP contribution in [0.1, 0.15) is 5.76 Å². The molecule has 0 bridgehead atoms. The second-order valence-electron chi connectivity index (χ2n) is 2.21. The standard InChI is InChI=1S/C7H7NO2S/c9-2-1-5-3-6-7(10-5)8-4-11-6/h3-4,9H,1-2H2. The Labute approximate surface area is 67.3 Å². The fraction of sp³-hybridized carbons (Fsp3) is 0.286. The molecule has 0 aliphatic rings. The van der Waals surface area contributed by atoms with Crippen LogP contribution in [0.15, 0.2) is 16.0 Å². The van der Waals surface area contributed by atoms with Gasteiger partial charge in [0.25, 0.3) is 0 Å². The topological polar surface area (TPSA) is 46.3 Å². The molecule has 11 heavy (non-hydrogen) atoms. The van der Waals surface area contributed by atoms with Crippen LogP contribution >= 0.6 is 11.3 Å². The van der Waals surface area contributed by atoms with Gasteiger partial charge in [0.2, 0.25) is 5.71 Å². The van der Waals surface area contributed by atoms with E-state index in [1.807, 2.05) is 6.07 Å². The van der Waals surface area contributed by atoms with Crippen molar-refractivity contribution >= 4 is 21.8 Å². The van der Waals surface area contributed by atoms with E-state index in [0.29, 0.717) is 12.1 Å². The van der Waals surface area contributed by atoms with Crippen LogP contribution in [0.5, 0.6) is 0 Å². The maximum absolute atomic E-state index is 8.61. The lowest BCUT2D eigenvalue weighted by molar-refractivity contribution is 0.289. The van der Waals surface area contributed by atoms with Crippen LogP contribution in [0.2, 0.25) is 0 Å². The first kappa shape index (κ1) is 6.82. The highest BCUT2D eigenvalue weighted by Crippen LogP contribution is 2.21. The first-order valence-corrected chi connectivity index (χ1v) is 4.21. The molecule has 2 aromatic heterocycles. The Balaban J connectivity index is 2.42. The Morgan fingerprint density at radius 1 is 1.64 bits per heavy atom. The van der Waals surface area contributed by atoms with E-state index < -0.39 is 0 Å². The van der Waals surface area contributed by atoms with Crippen molar-refractivity contribution in [1.82, 2.24) is 4.98 Å². The predicted molar refractivity (Wildman–Crippen MR) is 42.7 cm³/mol. The summed E-state index contributed by atoms with van der Waals surface area (Å²) in [5, 5.41) is 8.61. The van der Waals surface area contributed by atoms with Crippen LogP contribution in [0, 0.1) is 0 Å². The highest BCUT2D eigenvalue weighted by molar-refractivity contribution is 7.16. The number of nitrogens with zero attached hydrogens (tertiary/aromatic N) is 1. The molecule has 0 aliphatic heterocycles. The van der Waals surface area contributed by atoms with Gasteiger partial charge in [0.15, 0.2) is 0 Å². The minimum atomic E-state index is 0.126. The van der Waals surface area contributed by atoms with Gasteiger partial charge in [-0.15, -0.1) is 11.3 Å². The van der Waals surface area contributed by atoms with Crippen LogP contribution in [0.3, 0.4) is 0 Å². The summed E-state index contributed by atoms with van der Waals surface area (Å²) in [5.41, 5.74) is 2.43. The van der Waals surface area contributed by atoms with E-state index in [2.05, 4.69) is 4.98 Å². The van der Waals surface area contributed by atoms with E-state index in [4.69, 9.17) is 9.52 Å². The van der Waals surface area contributed by atoms with Crippen LogP contribution in [0.4, 0.5) is 0 Å². The summed E-state index contributed by atoms with van der Waals surface area (Å²) in [6.45, 7) is 0.126. The maximum atomic E-state index is 8.61. The maximum Gasteiger partial charge on any atom is 0.237 e. The lowest BCUT2D eigenvalue weighted by atomic mass is 10.3. The molecule has 0 atom stereocenters. The zero-order valence-electron chi connectivity index (χ0n) is 5.78. The summed E-state index contributed by atoms with van der Waals surface area (Å²) in [6, 6.07) is 1.92. The van der Waals surface area contributed by atoms with Gasteiger partial charge in [-0.05, 0) is 6.07 Å². The number of furan rings is 1. The van der Waals surface area contributed by atoms with Crippen molar-refractivity contribution in [3.8, 4) is 0 Å². The third-order valence-corrected chi connectivity index (χ3v) is 2.20. The Kier molecular flexibility index (Phi) is 1.63. The van der Waals surface area contributed by atoms with E-state index >= 15 is 0 Å². The summed E-state index contributed by atoms with van der Waals surface area (Å²) in [6.07, 6.45) is 0.572. The lowest BCUT2D eigenvalue weighted by Crippen LogP contribution is -1.85. The Morgan fingerprint density at radius 3 is 3.27 bits per heavy atom. The van der Waals surface area contributed by atoms with E-state index in [1.54, 1.807) is 16.8 Å². The number of thiazole rings is 1. The zero-order chi connectivity index (χ0) is 7.68. The molecule has 0 spiro atoms. The number of aliphatic hydroxyl groups is 1. The average molecular weight is 169 g/mol. The van der Waals surface area contributed by atoms with Crippen molar-refractivity contribution in [3.05, 3.63) is 17.3 Å². The highest BCUT2D eigenvalue weighted by atomic mass is 32.1. The molecule has 2 aromatic rings. The molecule has 0 aliphatic carbocycles. The van der Waals surface area contributed by atoms with E-state index in [-0.39, 0.29) is 6.61 Å². The predicted octanol–water partition coefficient (Wildman–Crippen LogP) is 1.42. The number of hydrogen-bond acceptors (Lipinski definition) is 4. The van der Waals surface area contributed by atoms with Crippen LogP contribution in [0.25, 0.3) is 10.4 Å². The summed E-state index contributed by atoms with van der Waals surface area (Å²) >= 11 is 1.55. The van der Waals surface area contributed by atoms with Crippen molar-refractivity contribution < 1.29 is 9.52 Å². The van der Waals surface area contributed by atoms with Crippen molar-refractivity contribution in [3.63, 3.8) is 0 Å². The molecule has 0 amide bonds. The van der Waals surface area contributed by atoms with Gasteiger partial charge >= 0.3 is 0 Å². The molecule has 0 fully saturated rings. The van der Waals surface area contributed by atoms with Crippen LogP contribution in [-0.4, -0.2) is 16.7 Å². The largest absolute Gasteiger partial charge is 0.442 e. The van der Waals surface area contributed by atoms with E-state index in [9.17, 15) is 0 Å². The van der Waals surface area contributed by atoms with Gasteiger partial charge in [-0.3, -0.25) is 0 Å². The summed E-state index contributed by atoms with van der Waals surface area (Å²) in [5.74, 6) is 0.807. The number of rotatable bonds is 2. The fourth-order valence-corrected chi connectivity index (χ4v) is 1.61. The third-order valence-electron chi connectivity index (χ3n) is 1.44. The summed E-state index contributed by atoms with van der Waals surface area (Å²) in [4.78, 5) is 3.99. The number of aromatic nitrogens is 1. The first-order chi connectivity index (χ1) is 5.40. The molecule has 0 unspecified atom stereocenters. The highest BCUT2D eigenvalue weighted by Gasteiger charge is 2.04. The monoisotopic (exact) mass is 169 g/mol. The SMILES string of the molecule is OCCc1cc2scnc2o1. The normalized spacial score (nSPS) is 11.0. The van der Waals surface area contributed by atoms with E-state index in [1.165, 1.54) is 0 Å². The molecule has 0 aromatic carbocycles. The van der Waals surface area contributed by atoms with Gasteiger partial charge in [-0.25, -0.2) is 4.98 Å². The second-order valence-corrected chi connectivity index (χ2v) is 3.09. The molecule has 2 heterocycles. The van der Waals surface area contributed by atoms with Crippen molar-refractivity contribution in [2.24, 2.45) is 0 Å². The molecule has 0 saturated heterocycles. The Hall–Kier alpha value is -0.870. The fourth-order valence-electron chi connectivity index (χ4n) is 0.951. The van der Waals surface area contributed by atoms with Gasteiger partial charge in [0, 0.05) is 6.42 Å². The summed E-state index contributed by atoms with van der Waals surface area (Å²) < 4.78 is 6.34. The van der Waals surface area contributed by atoms with E-state index in [0.717, 1.165) is 10.5 Å². The van der Waals surface area contributed by atoms with Crippen molar-refractivity contribution in [2.75, 3.05) is 6.61 Å². The minimum absolute atomic E-state index is 0.126. The summed E-state index contributed by atoms with van der Waals surface area (Å²) in [7, 11) is 0. The number of hydrogen-bond donors (Lipinski definition) is 1. The first-order valence-electron chi connectivity index (χ1n) is 3.33. The van der Waals surface area contributed by atoms with Gasteiger partial charge in [0.05, 0.1) is 16.8 Å². The second kappa shape index (κ2) is 2.64. The van der Waals surface area contributed by atoms with Gasteiger partial charge in [0.1, 0.15) is 5.76 Å². The number of fused-ring (bicyclic) bond motifs is 1. The van der Waals surface area contributed by atoms with Crippen LogP contribution < -0.4 is 0 Å². The quantitative estimate of drug-likeness (QED) is 0.739. The van der Waals surface area contributed by atoms with Crippen molar-refractivity contribution in [2.45, 2.75) is 6.42 Å². The Bertz CT molecular complexity index is 323. The molecular formula is C7H7NO2S. The molecule has 0 saturated carbocycles. The minimum Gasteiger partial charge on any atom is -0.442 e. The smallest absolute Gasteiger partial charge is 0.237 e. The number of aliphatic hydroxyl groups excluding tert-OH is 1. The molecule has 0 radical (unpaired) electrons. The van der Waals surface area contributed by atoms with Gasteiger partial charge in [-0.2, -0.15) is 0 Å². The molecule has 3 nitrogen and oxygen atoms in total. The third kappa shape index (κ3) is 1.15. The lowest BCUT2D eigenvalue weighted by Gasteiger charge is -1.86. The molecule has 1 N–H and O–H groups in total.